The fourth-order valence-corrected chi connectivity index (χ4v) is 4.57. The minimum absolute atomic E-state index is 0.168. The second kappa shape index (κ2) is 10.7. The smallest absolute Gasteiger partial charge is 0.280 e. The molecule has 0 saturated carbocycles. The summed E-state index contributed by atoms with van der Waals surface area (Å²) >= 11 is 0. The van der Waals surface area contributed by atoms with E-state index in [-0.39, 0.29) is 5.56 Å². The van der Waals surface area contributed by atoms with Crippen molar-refractivity contribution in [2.24, 2.45) is 4.99 Å². The molecule has 2 N–H and O–H groups in total. The van der Waals surface area contributed by atoms with Crippen molar-refractivity contribution in [3.8, 4) is 34.2 Å². The molecule has 0 atom stereocenters. The number of rotatable bonds is 9. The van der Waals surface area contributed by atoms with Crippen molar-refractivity contribution in [2.45, 2.75) is 13.3 Å². The third-order valence-corrected chi connectivity index (χ3v) is 6.67. The van der Waals surface area contributed by atoms with Gasteiger partial charge in [0.2, 0.25) is 0 Å². The molecule has 0 aliphatic heterocycles. The van der Waals surface area contributed by atoms with Crippen LogP contribution in [0.1, 0.15) is 18.1 Å². The Morgan fingerprint density at radius 2 is 1.50 bits per heavy atom. The van der Waals surface area contributed by atoms with Crippen LogP contribution in [0.25, 0.3) is 27.8 Å². The molecule has 0 saturated heterocycles. The molecule has 38 heavy (non-hydrogen) atoms. The van der Waals surface area contributed by atoms with Crippen molar-refractivity contribution in [1.29, 1.82) is 0 Å². The van der Waals surface area contributed by atoms with Crippen LogP contribution in [0.2, 0.25) is 0 Å². The van der Waals surface area contributed by atoms with Crippen molar-refractivity contribution >= 4 is 16.6 Å². The minimum atomic E-state index is -0.168. The summed E-state index contributed by atoms with van der Waals surface area (Å²) in [5.74, 6) is 2.28. The predicted octanol–water partition coefficient (Wildman–Crippen LogP) is 5.39. The topological polar surface area (TPSA) is 93.6 Å². The first kappa shape index (κ1) is 25.0. The fourth-order valence-electron chi connectivity index (χ4n) is 4.57. The van der Waals surface area contributed by atoms with Crippen LogP contribution < -0.4 is 19.8 Å². The summed E-state index contributed by atoms with van der Waals surface area (Å²) in [6.07, 6.45) is 2.73. The van der Waals surface area contributed by atoms with Crippen molar-refractivity contribution < 1.29 is 14.2 Å². The van der Waals surface area contributed by atoms with Crippen LogP contribution >= 0.6 is 0 Å². The molecule has 5 aromatic rings. The lowest BCUT2D eigenvalue weighted by molar-refractivity contribution is 0.414. The Morgan fingerprint density at radius 1 is 0.868 bits per heavy atom. The molecule has 194 valence electrons. The van der Waals surface area contributed by atoms with Gasteiger partial charge in [-0.05, 0) is 85.6 Å². The van der Waals surface area contributed by atoms with Gasteiger partial charge in [0.25, 0.3) is 5.56 Å². The Kier molecular flexibility index (Phi) is 7.04. The van der Waals surface area contributed by atoms with Crippen LogP contribution in [0, 0.1) is 0 Å². The summed E-state index contributed by atoms with van der Waals surface area (Å²) in [5.41, 5.74) is 5.51. The van der Waals surface area contributed by atoms with E-state index in [2.05, 4.69) is 10.1 Å². The highest BCUT2D eigenvalue weighted by Crippen LogP contribution is 2.26. The molecular formula is C30H30N4O4. The third-order valence-electron chi connectivity index (χ3n) is 6.67. The van der Waals surface area contributed by atoms with Gasteiger partial charge < -0.3 is 19.2 Å². The lowest BCUT2D eigenvalue weighted by Gasteiger charge is -2.05. The summed E-state index contributed by atoms with van der Waals surface area (Å²) in [6, 6.07) is 20.9. The number of nitrogens with one attached hydrogen (secondary N) is 2. The van der Waals surface area contributed by atoms with Gasteiger partial charge in [0, 0.05) is 34.9 Å². The molecule has 2 aromatic heterocycles. The van der Waals surface area contributed by atoms with E-state index in [0.29, 0.717) is 29.2 Å². The second-order valence-corrected chi connectivity index (χ2v) is 8.87. The van der Waals surface area contributed by atoms with Crippen molar-refractivity contribution in [2.75, 3.05) is 27.9 Å². The molecule has 0 aliphatic carbocycles. The molecule has 0 spiro atoms. The van der Waals surface area contributed by atoms with Crippen molar-refractivity contribution in [3.63, 3.8) is 0 Å². The molecule has 3 aromatic carbocycles. The van der Waals surface area contributed by atoms with E-state index < -0.39 is 0 Å². The van der Waals surface area contributed by atoms with Gasteiger partial charge >= 0.3 is 0 Å². The van der Waals surface area contributed by atoms with Gasteiger partial charge in [-0.3, -0.25) is 14.9 Å². The Balaban J connectivity index is 1.50. The number of benzene rings is 3. The summed E-state index contributed by atoms with van der Waals surface area (Å²) in [4.78, 5) is 21.8. The molecule has 8 nitrogen and oxygen atoms in total. The Labute approximate surface area is 220 Å². The van der Waals surface area contributed by atoms with E-state index in [1.807, 2.05) is 79.9 Å². The van der Waals surface area contributed by atoms with Gasteiger partial charge in [-0.15, -0.1) is 0 Å². The highest BCUT2D eigenvalue weighted by molar-refractivity contribution is 6.03. The van der Waals surface area contributed by atoms with Gasteiger partial charge in [-0.25, -0.2) is 4.68 Å². The molecule has 0 aliphatic rings. The molecule has 8 heteroatoms. The highest BCUT2D eigenvalue weighted by Gasteiger charge is 2.19. The Hall–Kier alpha value is -4.72. The Morgan fingerprint density at radius 3 is 2.16 bits per heavy atom. The van der Waals surface area contributed by atoms with Crippen LogP contribution in [0.5, 0.6) is 17.2 Å². The SMILES string of the molecule is COc1ccc(-c2[nH]n(-c3ccc(OC)cc3)c(=O)c2C(C)=NCCc2c[nH]c3ccc(OC)cc23)cc1. The number of aromatic nitrogens is 3. The quantitative estimate of drug-likeness (QED) is 0.260. The first-order valence-electron chi connectivity index (χ1n) is 12.3. The summed E-state index contributed by atoms with van der Waals surface area (Å²) in [5, 5.41) is 4.41. The average molecular weight is 511 g/mol. The molecule has 0 unspecified atom stereocenters. The maximum absolute atomic E-state index is 13.7. The number of methoxy groups -OCH3 is 3. The van der Waals surface area contributed by atoms with Crippen LogP contribution in [0.15, 0.2) is 82.7 Å². The summed E-state index contributed by atoms with van der Waals surface area (Å²) in [7, 11) is 4.91. The molecule has 0 fully saturated rings. The van der Waals surface area contributed by atoms with Gasteiger partial charge in [0.1, 0.15) is 17.2 Å². The van der Waals surface area contributed by atoms with Crippen LogP contribution in [0.3, 0.4) is 0 Å². The monoisotopic (exact) mass is 510 g/mol. The number of aliphatic imine (C=N–C) groups is 1. The van der Waals surface area contributed by atoms with Crippen molar-refractivity contribution in [3.05, 3.63) is 94.4 Å². The maximum atomic E-state index is 13.7. The molecule has 0 radical (unpaired) electrons. The number of fused-ring (bicyclic) bond motifs is 1. The average Bonchev–Trinajstić information content (AvgIpc) is 3.53. The second-order valence-electron chi connectivity index (χ2n) is 8.87. The van der Waals surface area contributed by atoms with E-state index in [9.17, 15) is 4.79 Å². The normalized spacial score (nSPS) is 11.6. The van der Waals surface area contributed by atoms with Gasteiger partial charge in [0.05, 0.1) is 38.3 Å². The van der Waals surface area contributed by atoms with E-state index in [0.717, 1.165) is 45.7 Å². The largest absolute Gasteiger partial charge is 0.497 e. The molecular weight excluding hydrogens is 480 g/mol. The summed E-state index contributed by atoms with van der Waals surface area (Å²) < 4.78 is 17.5. The molecule has 0 bridgehead atoms. The standard InChI is InChI=1S/C30H30N4O4/c1-19(31-16-15-21-18-32-27-14-13-25(38-4)17-26(21)27)28-29(20-5-9-23(36-2)10-6-20)33-34(30(28)35)22-7-11-24(37-3)12-8-22/h5-14,17-18,32-33H,15-16H2,1-4H3. The number of nitrogens with zero attached hydrogens (tertiary/aromatic N) is 2. The van der Waals surface area contributed by atoms with Crippen molar-refractivity contribution in [1.82, 2.24) is 14.8 Å². The van der Waals surface area contributed by atoms with Crippen LogP contribution in [-0.4, -0.2) is 48.4 Å². The number of hydrogen-bond acceptors (Lipinski definition) is 5. The number of aromatic amines is 2. The fraction of sp³-hybridized carbons (Fsp3) is 0.200. The maximum Gasteiger partial charge on any atom is 0.280 e. The van der Waals surface area contributed by atoms with Gasteiger partial charge in [0.15, 0.2) is 0 Å². The number of ether oxygens (including phenoxy) is 3. The first-order valence-corrected chi connectivity index (χ1v) is 12.3. The lowest BCUT2D eigenvalue weighted by Crippen LogP contribution is -2.19. The summed E-state index contributed by atoms with van der Waals surface area (Å²) in [6.45, 7) is 2.42. The first-order chi connectivity index (χ1) is 18.5. The Bertz CT molecular complexity index is 1640. The van der Waals surface area contributed by atoms with Gasteiger partial charge in [-0.1, -0.05) is 0 Å². The van der Waals surface area contributed by atoms with Crippen LogP contribution in [-0.2, 0) is 6.42 Å². The minimum Gasteiger partial charge on any atom is -0.497 e. The van der Waals surface area contributed by atoms with Gasteiger partial charge in [-0.2, -0.15) is 0 Å². The van der Waals surface area contributed by atoms with E-state index in [1.54, 1.807) is 26.0 Å². The van der Waals surface area contributed by atoms with E-state index in [4.69, 9.17) is 19.2 Å². The zero-order chi connectivity index (χ0) is 26.6. The molecule has 2 heterocycles. The number of hydrogen-bond donors (Lipinski definition) is 2. The number of H-pyrrole nitrogens is 2. The van der Waals surface area contributed by atoms with E-state index in [1.165, 1.54) is 0 Å². The van der Waals surface area contributed by atoms with E-state index >= 15 is 0 Å². The highest BCUT2D eigenvalue weighted by atomic mass is 16.5. The predicted molar refractivity (Wildman–Crippen MR) is 151 cm³/mol. The zero-order valence-electron chi connectivity index (χ0n) is 21.9. The molecule has 0 amide bonds. The lowest BCUT2D eigenvalue weighted by atomic mass is 10.0. The third kappa shape index (κ3) is 4.80. The van der Waals surface area contributed by atoms with Crippen LogP contribution in [0.4, 0.5) is 0 Å². The molecule has 5 rings (SSSR count). The zero-order valence-corrected chi connectivity index (χ0v) is 21.9.